The van der Waals surface area contributed by atoms with Crippen LogP contribution in [0.25, 0.3) is 0 Å². The molecule has 0 bridgehead atoms. The first kappa shape index (κ1) is 16.5. The van der Waals surface area contributed by atoms with E-state index in [2.05, 4.69) is 10.6 Å². The first-order valence-corrected chi connectivity index (χ1v) is 8.91. The summed E-state index contributed by atoms with van der Waals surface area (Å²) in [6.07, 6.45) is 1.55. The number of anilines is 1. The number of carbonyl (C=O) groups excluding carboxylic acids is 2. The Morgan fingerprint density at radius 1 is 1.21 bits per heavy atom. The Bertz CT molecular complexity index is 714. The second kappa shape index (κ2) is 7.49. The van der Waals surface area contributed by atoms with Gasteiger partial charge >= 0.3 is 6.03 Å². The number of nitrogens with one attached hydrogen (secondary N) is 2. The van der Waals surface area contributed by atoms with Crippen molar-refractivity contribution in [1.82, 2.24) is 10.2 Å². The molecule has 0 radical (unpaired) electrons. The van der Waals surface area contributed by atoms with Gasteiger partial charge in [-0.15, -0.1) is 11.3 Å². The zero-order chi connectivity index (χ0) is 16.9. The fraction of sp³-hybridized carbons (Fsp3) is 0.333. The highest BCUT2D eigenvalue weighted by molar-refractivity contribution is 7.11. The van der Waals surface area contributed by atoms with Crippen molar-refractivity contribution in [2.24, 2.45) is 0 Å². The maximum Gasteiger partial charge on any atom is 0.322 e. The number of para-hydroxylation sites is 1. The highest BCUT2D eigenvalue weighted by atomic mass is 32.1. The fourth-order valence-corrected chi connectivity index (χ4v) is 3.70. The van der Waals surface area contributed by atoms with E-state index in [0.29, 0.717) is 19.5 Å². The quantitative estimate of drug-likeness (QED) is 0.894. The standard InChI is InChI=1S/C18H21N3O2S/c1-13-9-10-15(24-13)12-19-17(22)16-8-5-11-21(16)18(23)20-14-6-3-2-4-7-14/h2-4,6-7,9-10,16H,5,8,11-12H2,1H3,(H,19,22)(H,20,23)/t16-/m1/s1. The summed E-state index contributed by atoms with van der Waals surface area (Å²) in [5.74, 6) is -0.0817. The summed E-state index contributed by atoms with van der Waals surface area (Å²) in [6, 6.07) is 12.8. The molecule has 3 rings (SSSR count). The van der Waals surface area contributed by atoms with Gasteiger partial charge in [0.1, 0.15) is 6.04 Å². The normalized spacial score (nSPS) is 16.9. The predicted octanol–water partition coefficient (Wildman–Crippen LogP) is 3.37. The molecule has 1 fully saturated rings. The lowest BCUT2D eigenvalue weighted by Gasteiger charge is -2.24. The van der Waals surface area contributed by atoms with E-state index in [4.69, 9.17) is 0 Å². The topological polar surface area (TPSA) is 61.4 Å². The highest BCUT2D eigenvalue weighted by Gasteiger charge is 2.34. The van der Waals surface area contributed by atoms with Gasteiger partial charge in [-0.05, 0) is 44.0 Å². The van der Waals surface area contributed by atoms with Gasteiger partial charge in [0.25, 0.3) is 0 Å². The molecule has 0 unspecified atom stereocenters. The number of carbonyl (C=O) groups is 2. The van der Waals surface area contributed by atoms with Crippen LogP contribution in [-0.4, -0.2) is 29.4 Å². The van der Waals surface area contributed by atoms with Gasteiger partial charge in [-0.25, -0.2) is 4.79 Å². The lowest BCUT2D eigenvalue weighted by molar-refractivity contribution is -0.124. The largest absolute Gasteiger partial charge is 0.349 e. The molecule has 126 valence electrons. The van der Waals surface area contributed by atoms with Gasteiger partial charge in [0.15, 0.2) is 0 Å². The number of urea groups is 1. The smallest absolute Gasteiger partial charge is 0.322 e. The van der Waals surface area contributed by atoms with Crippen LogP contribution in [0, 0.1) is 6.92 Å². The Balaban J connectivity index is 1.57. The molecule has 6 heteroatoms. The maximum absolute atomic E-state index is 12.5. The van der Waals surface area contributed by atoms with E-state index in [9.17, 15) is 9.59 Å². The summed E-state index contributed by atoms with van der Waals surface area (Å²) in [6.45, 7) is 3.17. The van der Waals surface area contributed by atoms with Crippen LogP contribution in [0.15, 0.2) is 42.5 Å². The van der Waals surface area contributed by atoms with Crippen LogP contribution in [0.4, 0.5) is 10.5 Å². The van der Waals surface area contributed by atoms with Crippen LogP contribution in [0.3, 0.4) is 0 Å². The molecule has 2 aromatic rings. The molecule has 1 atom stereocenters. The van der Waals surface area contributed by atoms with Gasteiger partial charge in [-0.1, -0.05) is 18.2 Å². The number of aryl methyl sites for hydroxylation is 1. The molecule has 0 spiro atoms. The van der Waals surface area contributed by atoms with Crippen LogP contribution in [0.5, 0.6) is 0 Å². The second-order valence-electron chi connectivity index (χ2n) is 5.88. The summed E-state index contributed by atoms with van der Waals surface area (Å²) in [5, 5.41) is 5.81. The number of thiophene rings is 1. The molecular weight excluding hydrogens is 322 g/mol. The van der Waals surface area contributed by atoms with Crippen LogP contribution in [-0.2, 0) is 11.3 Å². The van der Waals surface area contributed by atoms with E-state index < -0.39 is 6.04 Å². The maximum atomic E-state index is 12.5. The van der Waals surface area contributed by atoms with Crippen LogP contribution in [0.1, 0.15) is 22.6 Å². The van der Waals surface area contributed by atoms with Crippen molar-refractivity contribution in [2.75, 3.05) is 11.9 Å². The first-order valence-electron chi connectivity index (χ1n) is 8.09. The van der Waals surface area contributed by atoms with E-state index in [1.807, 2.05) is 49.4 Å². The van der Waals surface area contributed by atoms with E-state index in [1.54, 1.807) is 16.2 Å². The zero-order valence-electron chi connectivity index (χ0n) is 13.6. The Hall–Kier alpha value is -2.34. The van der Waals surface area contributed by atoms with Crippen molar-refractivity contribution in [3.8, 4) is 0 Å². The van der Waals surface area contributed by atoms with Crippen molar-refractivity contribution < 1.29 is 9.59 Å². The van der Waals surface area contributed by atoms with Crippen molar-refractivity contribution in [2.45, 2.75) is 32.4 Å². The Morgan fingerprint density at radius 3 is 2.71 bits per heavy atom. The average Bonchev–Trinajstić information content (AvgIpc) is 3.22. The van der Waals surface area contributed by atoms with Crippen molar-refractivity contribution in [3.63, 3.8) is 0 Å². The van der Waals surface area contributed by atoms with Crippen LogP contribution in [0.2, 0.25) is 0 Å². The molecule has 1 aromatic carbocycles. The predicted molar refractivity (Wildman–Crippen MR) is 96.1 cm³/mol. The van der Waals surface area contributed by atoms with Gasteiger partial charge in [0, 0.05) is 22.0 Å². The molecule has 1 aromatic heterocycles. The first-order chi connectivity index (χ1) is 11.6. The van der Waals surface area contributed by atoms with Gasteiger partial charge in [0.05, 0.1) is 6.54 Å². The van der Waals surface area contributed by atoms with E-state index >= 15 is 0 Å². The molecule has 2 N–H and O–H groups in total. The molecule has 0 aliphatic carbocycles. The summed E-state index contributed by atoms with van der Waals surface area (Å²) in [4.78, 5) is 28.9. The minimum Gasteiger partial charge on any atom is -0.349 e. The van der Waals surface area contributed by atoms with Gasteiger partial charge in [0.2, 0.25) is 5.91 Å². The Morgan fingerprint density at radius 2 is 2.00 bits per heavy atom. The molecule has 3 amide bonds. The lowest BCUT2D eigenvalue weighted by atomic mass is 10.2. The van der Waals surface area contributed by atoms with Crippen LogP contribution < -0.4 is 10.6 Å². The van der Waals surface area contributed by atoms with Crippen molar-refractivity contribution in [1.29, 1.82) is 0 Å². The number of amides is 3. The highest BCUT2D eigenvalue weighted by Crippen LogP contribution is 2.20. The number of benzene rings is 1. The number of hydrogen-bond acceptors (Lipinski definition) is 3. The third-order valence-electron chi connectivity index (χ3n) is 4.07. The third-order valence-corrected chi connectivity index (χ3v) is 5.07. The lowest BCUT2D eigenvalue weighted by Crippen LogP contribution is -2.47. The summed E-state index contributed by atoms with van der Waals surface area (Å²) >= 11 is 1.67. The van der Waals surface area contributed by atoms with E-state index in [0.717, 1.165) is 17.0 Å². The summed E-state index contributed by atoms with van der Waals surface area (Å²) < 4.78 is 0. The number of rotatable bonds is 4. The molecule has 1 saturated heterocycles. The van der Waals surface area contributed by atoms with Crippen LogP contribution >= 0.6 is 11.3 Å². The fourth-order valence-electron chi connectivity index (χ4n) is 2.87. The molecule has 1 aliphatic heterocycles. The number of likely N-dealkylation sites (tertiary alicyclic amines) is 1. The van der Waals surface area contributed by atoms with Gasteiger partial charge in [-0.2, -0.15) is 0 Å². The number of hydrogen-bond donors (Lipinski definition) is 2. The SMILES string of the molecule is Cc1ccc(CNC(=O)[C@H]2CCCN2C(=O)Nc2ccccc2)s1. The second-order valence-corrected chi connectivity index (χ2v) is 7.25. The van der Waals surface area contributed by atoms with E-state index in [-0.39, 0.29) is 11.9 Å². The molecule has 2 heterocycles. The minimum absolute atomic E-state index is 0.0817. The molecule has 24 heavy (non-hydrogen) atoms. The van der Waals surface area contributed by atoms with Gasteiger partial charge in [-0.3, -0.25) is 4.79 Å². The Labute approximate surface area is 145 Å². The zero-order valence-corrected chi connectivity index (χ0v) is 14.4. The van der Waals surface area contributed by atoms with E-state index in [1.165, 1.54) is 4.88 Å². The summed E-state index contributed by atoms with van der Waals surface area (Å²) in [7, 11) is 0. The monoisotopic (exact) mass is 343 g/mol. The van der Waals surface area contributed by atoms with Gasteiger partial charge < -0.3 is 15.5 Å². The average molecular weight is 343 g/mol. The molecule has 0 saturated carbocycles. The third kappa shape index (κ3) is 3.94. The van der Waals surface area contributed by atoms with Crippen molar-refractivity contribution >= 4 is 29.0 Å². The summed E-state index contributed by atoms with van der Waals surface area (Å²) in [5.41, 5.74) is 0.739. The number of nitrogens with zero attached hydrogens (tertiary/aromatic N) is 1. The van der Waals surface area contributed by atoms with Crippen molar-refractivity contribution in [3.05, 3.63) is 52.2 Å². The minimum atomic E-state index is -0.394. The molecular formula is C18H21N3O2S. The Kier molecular flexibility index (Phi) is 5.15. The molecule has 5 nitrogen and oxygen atoms in total. The molecule has 1 aliphatic rings.